The molecule has 1 aliphatic carbocycles. The van der Waals surface area contributed by atoms with Crippen molar-refractivity contribution >= 4 is 5.97 Å². The van der Waals surface area contributed by atoms with Crippen molar-refractivity contribution in [3.8, 4) is 0 Å². The molecule has 1 rings (SSSR count). The summed E-state index contributed by atoms with van der Waals surface area (Å²) in [5.41, 5.74) is 0. The molecule has 0 saturated heterocycles. The van der Waals surface area contributed by atoms with E-state index in [1.54, 1.807) is 6.92 Å². The molecule has 0 radical (unpaired) electrons. The average Bonchev–Trinajstić information content (AvgIpc) is 2.30. The van der Waals surface area contributed by atoms with Gasteiger partial charge in [-0.3, -0.25) is 0 Å². The summed E-state index contributed by atoms with van der Waals surface area (Å²) in [5, 5.41) is 3.55. The highest BCUT2D eigenvalue weighted by Crippen LogP contribution is 2.17. The van der Waals surface area contributed by atoms with Gasteiger partial charge in [0.1, 0.15) is 6.61 Å². The van der Waals surface area contributed by atoms with Gasteiger partial charge >= 0.3 is 5.97 Å². The van der Waals surface area contributed by atoms with Crippen molar-refractivity contribution in [1.82, 2.24) is 5.32 Å². The number of nitrogens with one attached hydrogen (secondary N) is 1. The number of carbonyl (C=O) groups is 1. The first-order valence-electron chi connectivity index (χ1n) is 6.71. The summed E-state index contributed by atoms with van der Waals surface area (Å²) in [7, 11) is 0. The van der Waals surface area contributed by atoms with E-state index >= 15 is 0 Å². The van der Waals surface area contributed by atoms with E-state index in [0.717, 1.165) is 0 Å². The van der Waals surface area contributed by atoms with Crippen LogP contribution in [-0.2, 0) is 14.3 Å². The lowest BCUT2D eigenvalue weighted by molar-refractivity contribution is -0.148. The van der Waals surface area contributed by atoms with E-state index in [-0.39, 0.29) is 12.6 Å². The standard InChI is InChI=1S/C13H25NO3/c1-3-17-13(15)10-16-9-11(2)14-12-7-5-4-6-8-12/h11-12,14H,3-10H2,1-2H3/t11-/m1/s1. The van der Waals surface area contributed by atoms with Gasteiger partial charge in [-0.1, -0.05) is 19.3 Å². The van der Waals surface area contributed by atoms with E-state index in [0.29, 0.717) is 25.3 Å². The van der Waals surface area contributed by atoms with Crippen molar-refractivity contribution < 1.29 is 14.3 Å². The van der Waals surface area contributed by atoms with Crippen LogP contribution in [0.25, 0.3) is 0 Å². The summed E-state index contributed by atoms with van der Waals surface area (Å²) in [5.74, 6) is -0.280. The molecule has 0 aliphatic heterocycles. The number of rotatable bonds is 7. The van der Waals surface area contributed by atoms with Gasteiger partial charge in [-0.2, -0.15) is 0 Å². The second-order valence-electron chi connectivity index (χ2n) is 4.72. The molecule has 1 N–H and O–H groups in total. The number of hydrogen-bond donors (Lipinski definition) is 1. The Morgan fingerprint density at radius 3 is 2.71 bits per heavy atom. The summed E-state index contributed by atoms with van der Waals surface area (Å²) < 4.78 is 10.1. The molecule has 17 heavy (non-hydrogen) atoms. The fourth-order valence-corrected chi connectivity index (χ4v) is 2.24. The van der Waals surface area contributed by atoms with Crippen LogP contribution in [0.4, 0.5) is 0 Å². The summed E-state index contributed by atoms with van der Waals surface area (Å²) in [6, 6.07) is 0.928. The molecule has 0 unspecified atom stereocenters. The fourth-order valence-electron chi connectivity index (χ4n) is 2.24. The third-order valence-electron chi connectivity index (χ3n) is 3.02. The second-order valence-corrected chi connectivity index (χ2v) is 4.72. The second kappa shape index (κ2) is 8.48. The van der Waals surface area contributed by atoms with E-state index in [2.05, 4.69) is 12.2 Å². The van der Waals surface area contributed by atoms with E-state index in [1.807, 2.05) is 0 Å². The third kappa shape index (κ3) is 6.64. The first-order chi connectivity index (χ1) is 8.22. The molecule has 0 amide bonds. The Hall–Kier alpha value is -0.610. The molecule has 0 aromatic carbocycles. The van der Waals surface area contributed by atoms with Gasteiger partial charge in [0.05, 0.1) is 13.2 Å². The summed E-state index contributed by atoms with van der Waals surface area (Å²) >= 11 is 0. The van der Waals surface area contributed by atoms with Crippen molar-refractivity contribution in [1.29, 1.82) is 0 Å². The minimum absolute atomic E-state index is 0.0600. The zero-order valence-corrected chi connectivity index (χ0v) is 11.0. The largest absolute Gasteiger partial charge is 0.464 e. The molecule has 1 atom stereocenters. The Labute approximate surface area is 104 Å². The van der Waals surface area contributed by atoms with Crippen LogP contribution in [0.3, 0.4) is 0 Å². The van der Waals surface area contributed by atoms with Crippen molar-refractivity contribution in [3.63, 3.8) is 0 Å². The van der Waals surface area contributed by atoms with Gasteiger partial charge in [-0.15, -0.1) is 0 Å². The van der Waals surface area contributed by atoms with Gasteiger partial charge in [0.15, 0.2) is 0 Å². The molecule has 0 heterocycles. The molecule has 4 nitrogen and oxygen atoms in total. The van der Waals surface area contributed by atoms with E-state index in [1.165, 1.54) is 32.1 Å². The quantitative estimate of drug-likeness (QED) is 0.694. The third-order valence-corrected chi connectivity index (χ3v) is 3.02. The SMILES string of the molecule is CCOC(=O)COC[C@@H](C)NC1CCCCC1. The molecule has 100 valence electrons. The molecular weight excluding hydrogens is 218 g/mol. The van der Waals surface area contributed by atoms with Crippen LogP contribution in [0, 0.1) is 0 Å². The van der Waals surface area contributed by atoms with Crippen LogP contribution in [0.5, 0.6) is 0 Å². The molecule has 1 saturated carbocycles. The highest BCUT2D eigenvalue weighted by atomic mass is 16.6. The Morgan fingerprint density at radius 1 is 1.35 bits per heavy atom. The average molecular weight is 243 g/mol. The lowest BCUT2D eigenvalue weighted by atomic mass is 9.95. The molecule has 0 bridgehead atoms. The van der Waals surface area contributed by atoms with Gasteiger partial charge in [0.25, 0.3) is 0 Å². The first-order valence-corrected chi connectivity index (χ1v) is 6.71. The van der Waals surface area contributed by atoms with Crippen molar-refractivity contribution in [2.24, 2.45) is 0 Å². The number of carbonyl (C=O) groups excluding carboxylic acids is 1. The van der Waals surface area contributed by atoms with Gasteiger partial charge in [-0.05, 0) is 26.7 Å². The molecular formula is C13H25NO3. The lowest BCUT2D eigenvalue weighted by Crippen LogP contribution is -2.40. The molecule has 0 spiro atoms. The van der Waals surface area contributed by atoms with Gasteiger partial charge in [-0.25, -0.2) is 4.79 Å². The van der Waals surface area contributed by atoms with E-state index in [9.17, 15) is 4.79 Å². The maximum absolute atomic E-state index is 11.0. The monoisotopic (exact) mass is 243 g/mol. The Bertz CT molecular complexity index is 215. The van der Waals surface area contributed by atoms with Crippen LogP contribution >= 0.6 is 0 Å². The number of hydrogen-bond acceptors (Lipinski definition) is 4. The van der Waals surface area contributed by atoms with Crippen LogP contribution in [0.1, 0.15) is 46.0 Å². The van der Waals surface area contributed by atoms with Crippen LogP contribution in [-0.4, -0.2) is 37.9 Å². The zero-order chi connectivity index (χ0) is 12.5. The van der Waals surface area contributed by atoms with Crippen molar-refractivity contribution in [3.05, 3.63) is 0 Å². The van der Waals surface area contributed by atoms with Gasteiger partial charge < -0.3 is 14.8 Å². The minimum Gasteiger partial charge on any atom is -0.464 e. The van der Waals surface area contributed by atoms with Gasteiger partial charge in [0.2, 0.25) is 0 Å². The lowest BCUT2D eigenvalue weighted by Gasteiger charge is -2.26. The van der Waals surface area contributed by atoms with Crippen LogP contribution in [0.15, 0.2) is 0 Å². The van der Waals surface area contributed by atoms with E-state index < -0.39 is 0 Å². The maximum atomic E-state index is 11.0. The highest BCUT2D eigenvalue weighted by Gasteiger charge is 2.15. The topological polar surface area (TPSA) is 47.6 Å². The zero-order valence-electron chi connectivity index (χ0n) is 11.0. The van der Waals surface area contributed by atoms with Crippen LogP contribution in [0.2, 0.25) is 0 Å². The highest BCUT2D eigenvalue weighted by molar-refractivity contribution is 5.70. The number of esters is 1. The Morgan fingerprint density at radius 2 is 2.06 bits per heavy atom. The van der Waals surface area contributed by atoms with Gasteiger partial charge in [0, 0.05) is 12.1 Å². The first kappa shape index (κ1) is 14.5. The normalized spacial score (nSPS) is 18.9. The van der Waals surface area contributed by atoms with Crippen molar-refractivity contribution in [2.45, 2.75) is 58.0 Å². The summed E-state index contributed by atoms with van der Waals surface area (Å²) in [6.45, 7) is 4.93. The molecule has 4 heteroatoms. The maximum Gasteiger partial charge on any atom is 0.332 e. The fraction of sp³-hybridized carbons (Fsp3) is 0.923. The van der Waals surface area contributed by atoms with E-state index in [4.69, 9.17) is 9.47 Å². The Kier molecular flexibility index (Phi) is 7.21. The summed E-state index contributed by atoms with van der Waals surface area (Å²) in [6.07, 6.45) is 6.55. The Balaban J connectivity index is 2.03. The van der Waals surface area contributed by atoms with Crippen LogP contribution < -0.4 is 5.32 Å². The molecule has 1 aliphatic rings. The summed E-state index contributed by atoms with van der Waals surface area (Å²) in [4.78, 5) is 11.0. The molecule has 0 aromatic heterocycles. The number of ether oxygens (including phenoxy) is 2. The minimum atomic E-state index is -0.280. The smallest absolute Gasteiger partial charge is 0.332 e. The molecule has 1 fully saturated rings. The predicted molar refractivity (Wildman–Crippen MR) is 66.9 cm³/mol. The van der Waals surface area contributed by atoms with Crippen molar-refractivity contribution in [2.75, 3.05) is 19.8 Å². The molecule has 0 aromatic rings. The predicted octanol–water partition coefficient (Wildman–Crippen LogP) is 1.88.